The van der Waals surface area contributed by atoms with Crippen molar-refractivity contribution in [3.8, 4) is 0 Å². The lowest BCUT2D eigenvalue weighted by molar-refractivity contribution is 0.153. The van der Waals surface area contributed by atoms with Crippen LogP contribution in [0, 0.1) is 0 Å². The van der Waals surface area contributed by atoms with Gasteiger partial charge in [0.2, 0.25) is 0 Å². The molecule has 48 valence electrons. The lowest BCUT2D eigenvalue weighted by Crippen LogP contribution is -2.25. The maximum Gasteiger partial charge on any atom is 0.0991 e. The minimum Gasteiger partial charge on any atom is -0.364 e. The Bertz CT molecular complexity index is 74.9. The average molecular weight is 115 g/mol. The van der Waals surface area contributed by atoms with Crippen molar-refractivity contribution in [1.29, 1.82) is 0 Å². The summed E-state index contributed by atoms with van der Waals surface area (Å²) in [6, 6.07) is 0.676. The Morgan fingerprint density at radius 3 is 2.75 bits per heavy atom. The van der Waals surface area contributed by atoms with Crippen LogP contribution in [-0.4, -0.2) is 31.3 Å². The SMILES string of the molecule is CCC1COCN1C. The zero-order chi connectivity index (χ0) is 5.98. The zero-order valence-electron chi connectivity index (χ0n) is 5.55. The molecule has 1 heterocycles. The van der Waals surface area contributed by atoms with Gasteiger partial charge in [0.15, 0.2) is 0 Å². The summed E-state index contributed by atoms with van der Waals surface area (Å²) in [6.45, 7) is 3.93. The fraction of sp³-hybridized carbons (Fsp3) is 1.00. The minimum absolute atomic E-state index is 0.676. The largest absolute Gasteiger partial charge is 0.364 e. The third-order valence-corrected chi connectivity index (χ3v) is 1.70. The smallest absolute Gasteiger partial charge is 0.0991 e. The maximum atomic E-state index is 5.19. The molecule has 0 aliphatic carbocycles. The molecule has 0 saturated carbocycles. The van der Waals surface area contributed by atoms with Crippen LogP contribution >= 0.6 is 0 Å². The number of nitrogens with zero attached hydrogens (tertiary/aromatic N) is 1. The predicted molar refractivity (Wildman–Crippen MR) is 32.7 cm³/mol. The first-order valence-corrected chi connectivity index (χ1v) is 3.12. The molecule has 0 radical (unpaired) electrons. The highest BCUT2D eigenvalue weighted by Gasteiger charge is 2.18. The van der Waals surface area contributed by atoms with Crippen molar-refractivity contribution in [2.45, 2.75) is 19.4 Å². The van der Waals surface area contributed by atoms with Gasteiger partial charge in [-0.3, -0.25) is 4.90 Å². The van der Waals surface area contributed by atoms with Crippen LogP contribution in [-0.2, 0) is 4.74 Å². The van der Waals surface area contributed by atoms with Crippen LogP contribution in [0.3, 0.4) is 0 Å². The van der Waals surface area contributed by atoms with Crippen molar-refractivity contribution in [2.24, 2.45) is 0 Å². The molecule has 2 heteroatoms. The molecule has 8 heavy (non-hydrogen) atoms. The van der Waals surface area contributed by atoms with Gasteiger partial charge in [-0.1, -0.05) is 6.92 Å². The van der Waals surface area contributed by atoms with Crippen LogP contribution < -0.4 is 0 Å². The molecule has 0 aromatic carbocycles. The van der Waals surface area contributed by atoms with Crippen molar-refractivity contribution in [1.82, 2.24) is 4.90 Å². The number of rotatable bonds is 1. The topological polar surface area (TPSA) is 12.5 Å². The van der Waals surface area contributed by atoms with E-state index in [1.54, 1.807) is 0 Å². The molecule has 0 bridgehead atoms. The molecule has 1 rings (SSSR count). The Kier molecular flexibility index (Phi) is 1.86. The van der Waals surface area contributed by atoms with Gasteiger partial charge in [0.1, 0.15) is 0 Å². The highest BCUT2D eigenvalue weighted by molar-refractivity contribution is 4.68. The molecule has 2 nitrogen and oxygen atoms in total. The molecule has 1 aliphatic heterocycles. The van der Waals surface area contributed by atoms with Crippen LogP contribution in [0.25, 0.3) is 0 Å². The Hall–Kier alpha value is -0.0800. The molecule has 1 atom stereocenters. The summed E-state index contributed by atoms with van der Waals surface area (Å²) in [4.78, 5) is 2.24. The number of likely N-dealkylation sites (N-methyl/N-ethyl adjacent to an activating group) is 1. The summed E-state index contributed by atoms with van der Waals surface area (Å²) < 4.78 is 5.19. The van der Waals surface area contributed by atoms with Crippen LogP contribution in [0.4, 0.5) is 0 Å². The normalized spacial score (nSPS) is 31.5. The molecule has 1 unspecified atom stereocenters. The minimum atomic E-state index is 0.676. The predicted octanol–water partition coefficient (Wildman–Crippen LogP) is 0.684. The second-order valence-electron chi connectivity index (χ2n) is 2.32. The second-order valence-corrected chi connectivity index (χ2v) is 2.32. The summed E-state index contributed by atoms with van der Waals surface area (Å²) in [6.07, 6.45) is 1.20. The van der Waals surface area contributed by atoms with E-state index in [1.807, 2.05) is 0 Å². The molecule has 0 aromatic heterocycles. The van der Waals surface area contributed by atoms with E-state index in [1.165, 1.54) is 6.42 Å². The van der Waals surface area contributed by atoms with E-state index in [4.69, 9.17) is 4.74 Å². The first-order valence-electron chi connectivity index (χ1n) is 3.12. The fourth-order valence-corrected chi connectivity index (χ4v) is 0.995. The Balaban J connectivity index is 2.30. The van der Waals surface area contributed by atoms with Gasteiger partial charge in [0, 0.05) is 6.04 Å². The molecule has 0 amide bonds. The number of hydrogen-bond donors (Lipinski definition) is 0. The molecular weight excluding hydrogens is 102 g/mol. The van der Waals surface area contributed by atoms with E-state index in [-0.39, 0.29) is 0 Å². The fourth-order valence-electron chi connectivity index (χ4n) is 0.995. The summed E-state index contributed by atoms with van der Waals surface area (Å²) in [5, 5.41) is 0. The maximum absolute atomic E-state index is 5.19. The lowest BCUT2D eigenvalue weighted by atomic mass is 10.2. The third kappa shape index (κ3) is 1.01. The van der Waals surface area contributed by atoms with E-state index in [9.17, 15) is 0 Å². The van der Waals surface area contributed by atoms with Gasteiger partial charge in [-0.2, -0.15) is 0 Å². The monoisotopic (exact) mass is 115 g/mol. The standard InChI is InChI=1S/C6H13NO/c1-3-6-4-8-5-7(6)2/h6H,3-5H2,1-2H3. The summed E-state index contributed by atoms with van der Waals surface area (Å²) >= 11 is 0. The molecule has 1 aliphatic rings. The Morgan fingerprint density at radius 2 is 2.50 bits per heavy atom. The van der Waals surface area contributed by atoms with Gasteiger partial charge in [0.05, 0.1) is 13.3 Å². The summed E-state index contributed by atoms with van der Waals surface area (Å²) in [7, 11) is 2.10. The van der Waals surface area contributed by atoms with E-state index in [0.29, 0.717) is 6.04 Å². The quantitative estimate of drug-likeness (QED) is 0.498. The first kappa shape index (κ1) is 6.05. The molecule has 0 N–H and O–H groups in total. The zero-order valence-corrected chi connectivity index (χ0v) is 5.55. The van der Waals surface area contributed by atoms with Crippen LogP contribution in [0.15, 0.2) is 0 Å². The number of ether oxygens (including phenoxy) is 1. The van der Waals surface area contributed by atoms with Gasteiger partial charge in [-0.25, -0.2) is 0 Å². The molecule has 1 fully saturated rings. The van der Waals surface area contributed by atoms with Crippen LogP contribution in [0.5, 0.6) is 0 Å². The van der Waals surface area contributed by atoms with Gasteiger partial charge in [-0.15, -0.1) is 0 Å². The van der Waals surface area contributed by atoms with E-state index in [2.05, 4.69) is 18.9 Å². The molecular formula is C6H13NO. The van der Waals surface area contributed by atoms with Crippen molar-refractivity contribution in [3.05, 3.63) is 0 Å². The van der Waals surface area contributed by atoms with Crippen molar-refractivity contribution >= 4 is 0 Å². The van der Waals surface area contributed by atoms with Crippen LogP contribution in [0.2, 0.25) is 0 Å². The van der Waals surface area contributed by atoms with Crippen molar-refractivity contribution < 1.29 is 4.74 Å². The molecule has 0 spiro atoms. The van der Waals surface area contributed by atoms with Crippen molar-refractivity contribution in [2.75, 3.05) is 20.4 Å². The van der Waals surface area contributed by atoms with Gasteiger partial charge in [-0.05, 0) is 13.5 Å². The Morgan fingerprint density at radius 1 is 1.75 bits per heavy atom. The van der Waals surface area contributed by atoms with Gasteiger partial charge < -0.3 is 4.74 Å². The third-order valence-electron chi connectivity index (χ3n) is 1.70. The van der Waals surface area contributed by atoms with Crippen LogP contribution in [0.1, 0.15) is 13.3 Å². The second kappa shape index (κ2) is 2.46. The van der Waals surface area contributed by atoms with E-state index in [0.717, 1.165) is 13.3 Å². The highest BCUT2D eigenvalue weighted by Crippen LogP contribution is 2.08. The summed E-state index contributed by atoms with van der Waals surface area (Å²) in [5.74, 6) is 0. The highest BCUT2D eigenvalue weighted by atomic mass is 16.5. The first-order chi connectivity index (χ1) is 3.84. The molecule has 1 saturated heterocycles. The van der Waals surface area contributed by atoms with Gasteiger partial charge >= 0.3 is 0 Å². The lowest BCUT2D eigenvalue weighted by Gasteiger charge is -2.13. The molecule has 0 aromatic rings. The number of hydrogen-bond acceptors (Lipinski definition) is 2. The van der Waals surface area contributed by atoms with Gasteiger partial charge in [0.25, 0.3) is 0 Å². The summed E-state index contributed by atoms with van der Waals surface area (Å²) in [5.41, 5.74) is 0. The van der Waals surface area contributed by atoms with Crippen molar-refractivity contribution in [3.63, 3.8) is 0 Å². The van der Waals surface area contributed by atoms with E-state index >= 15 is 0 Å². The average Bonchev–Trinajstić information content (AvgIpc) is 2.14. The van der Waals surface area contributed by atoms with E-state index < -0.39 is 0 Å². The Labute approximate surface area is 50.4 Å².